The molecule has 0 heterocycles. The zero-order valence-electron chi connectivity index (χ0n) is 12.1. The zero-order valence-corrected chi connectivity index (χ0v) is 12.1. The van der Waals surface area contributed by atoms with E-state index in [2.05, 4.69) is 0 Å². The first-order valence-electron chi connectivity index (χ1n) is 6.53. The summed E-state index contributed by atoms with van der Waals surface area (Å²) in [4.78, 5) is 24.9. The highest BCUT2D eigenvalue weighted by Gasteiger charge is 2.21. The minimum atomic E-state index is -0.913. The van der Waals surface area contributed by atoms with Gasteiger partial charge in [-0.25, -0.2) is 0 Å². The lowest BCUT2D eigenvalue weighted by atomic mass is 10.1. The summed E-state index contributed by atoms with van der Waals surface area (Å²) in [7, 11) is 1.55. The number of carboxylic acids is 1. The largest absolute Gasteiger partial charge is 0.481 e. The van der Waals surface area contributed by atoms with E-state index in [1.54, 1.807) is 26.2 Å². The van der Waals surface area contributed by atoms with Gasteiger partial charge in [0.15, 0.2) is 0 Å². The number of carboxylic acid groups (broad SMARTS) is 1. The number of aliphatic carboxylic acids is 1. The first-order chi connectivity index (χ1) is 9.45. The summed E-state index contributed by atoms with van der Waals surface area (Å²) < 4.78 is 4.98. The number of hydrogen-bond donors (Lipinski definition) is 1. The number of amides is 1. The molecular formula is C15H21NO4. The van der Waals surface area contributed by atoms with E-state index >= 15 is 0 Å². The maximum absolute atomic E-state index is 12.4. The third-order valence-electron chi connectivity index (χ3n) is 3.07. The van der Waals surface area contributed by atoms with Crippen LogP contribution in [0.3, 0.4) is 0 Å². The van der Waals surface area contributed by atoms with Crippen LogP contribution >= 0.6 is 0 Å². The summed E-state index contributed by atoms with van der Waals surface area (Å²) in [5, 5.41) is 8.98. The van der Waals surface area contributed by atoms with Crippen molar-refractivity contribution in [2.75, 3.05) is 26.8 Å². The van der Waals surface area contributed by atoms with Crippen LogP contribution in [0.2, 0.25) is 0 Å². The molecule has 0 bridgehead atoms. The minimum absolute atomic E-state index is 0.171. The number of ether oxygens (including phenoxy) is 1. The molecule has 1 atom stereocenters. The van der Waals surface area contributed by atoms with E-state index in [1.807, 2.05) is 19.1 Å². The maximum Gasteiger partial charge on any atom is 0.308 e. The van der Waals surface area contributed by atoms with Crippen LogP contribution in [0.25, 0.3) is 0 Å². The normalized spacial score (nSPS) is 11.9. The van der Waals surface area contributed by atoms with Crippen LogP contribution in [0.5, 0.6) is 0 Å². The first-order valence-corrected chi connectivity index (χ1v) is 6.53. The molecule has 0 radical (unpaired) electrons. The van der Waals surface area contributed by atoms with Crippen molar-refractivity contribution in [1.29, 1.82) is 0 Å². The first kappa shape index (κ1) is 16.2. The quantitative estimate of drug-likeness (QED) is 0.826. The molecule has 1 aromatic rings. The second kappa shape index (κ2) is 7.65. The van der Waals surface area contributed by atoms with Crippen molar-refractivity contribution in [3.05, 3.63) is 35.4 Å². The van der Waals surface area contributed by atoms with Crippen LogP contribution in [0.15, 0.2) is 24.3 Å². The molecular weight excluding hydrogens is 258 g/mol. The van der Waals surface area contributed by atoms with Crippen molar-refractivity contribution in [2.45, 2.75) is 13.8 Å². The summed E-state index contributed by atoms with van der Waals surface area (Å²) in [5.74, 6) is -1.69. The second-order valence-corrected chi connectivity index (χ2v) is 4.85. The predicted molar refractivity (Wildman–Crippen MR) is 75.8 cm³/mol. The van der Waals surface area contributed by atoms with Gasteiger partial charge in [-0.3, -0.25) is 9.59 Å². The molecule has 110 valence electrons. The number of methoxy groups -OCH3 is 1. The Morgan fingerprint density at radius 2 is 1.90 bits per heavy atom. The molecule has 0 fully saturated rings. The van der Waals surface area contributed by atoms with Gasteiger partial charge in [-0.2, -0.15) is 0 Å². The molecule has 1 amide bonds. The molecule has 1 rings (SSSR count). The van der Waals surface area contributed by atoms with Gasteiger partial charge in [0, 0.05) is 25.8 Å². The Bertz CT molecular complexity index is 455. The van der Waals surface area contributed by atoms with E-state index in [0.29, 0.717) is 18.7 Å². The van der Waals surface area contributed by atoms with Crippen molar-refractivity contribution in [3.8, 4) is 0 Å². The minimum Gasteiger partial charge on any atom is -0.481 e. The fourth-order valence-corrected chi connectivity index (χ4v) is 1.76. The molecule has 0 saturated heterocycles. The van der Waals surface area contributed by atoms with Gasteiger partial charge in [-0.05, 0) is 19.1 Å². The highest BCUT2D eigenvalue weighted by molar-refractivity contribution is 5.94. The third-order valence-corrected chi connectivity index (χ3v) is 3.07. The lowest BCUT2D eigenvalue weighted by molar-refractivity contribution is -0.141. The highest BCUT2D eigenvalue weighted by atomic mass is 16.5. The maximum atomic E-state index is 12.4. The van der Waals surface area contributed by atoms with Crippen molar-refractivity contribution < 1.29 is 19.4 Å². The molecule has 1 unspecified atom stereocenters. The predicted octanol–water partition coefficient (Wildman–Crippen LogP) is 1.80. The van der Waals surface area contributed by atoms with E-state index in [1.165, 1.54) is 4.90 Å². The van der Waals surface area contributed by atoms with Gasteiger partial charge in [0.2, 0.25) is 0 Å². The second-order valence-electron chi connectivity index (χ2n) is 4.85. The average Bonchev–Trinajstić information content (AvgIpc) is 2.43. The SMILES string of the molecule is COCCN(CC(C)C(=O)O)C(=O)c1ccc(C)cc1. The molecule has 1 N–H and O–H groups in total. The summed E-state index contributed by atoms with van der Waals surface area (Å²) in [6.07, 6.45) is 0. The average molecular weight is 279 g/mol. The number of aryl methyl sites for hydroxylation is 1. The topological polar surface area (TPSA) is 66.8 Å². The molecule has 0 aliphatic heterocycles. The molecule has 0 aliphatic carbocycles. The summed E-state index contributed by atoms with van der Waals surface area (Å²) >= 11 is 0. The lowest BCUT2D eigenvalue weighted by Gasteiger charge is -2.24. The van der Waals surface area contributed by atoms with Gasteiger partial charge in [0.25, 0.3) is 5.91 Å². The van der Waals surface area contributed by atoms with E-state index in [9.17, 15) is 9.59 Å². The molecule has 0 saturated carbocycles. The fourth-order valence-electron chi connectivity index (χ4n) is 1.76. The summed E-state index contributed by atoms with van der Waals surface area (Å²) in [6.45, 7) is 4.46. The summed E-state index contributed by atoms with van der Waals surface area (Å²) in [5.41, 5.74) is 1.63. The fraction of sp³-hybridized carbons (Fsp3) is 0.467. The van der Waals surface area contributed by atoms with Crippen LogP contribution in [0.4, 0.5) is 0 Å². The lowest BCUT2D eigenvalue weighted by Crippen LogP contribution is -2.39. The number of carbonyl (C=O) groups is 2. The van der Waals surface area contributed by atoms with Gasteiger partial charge in [0.1, 0.15) is 0 Å². The van der Waals surface area contributed by atoms with Crippen molar-refractivity contribution in [3.63, 3.8) is 0 Å². The molecule has 20 heavy (non-hydrogen) atoms. The number of carbonyl (C=O) groups excluding carboxylic acids is 1. The highest BCUT2D eigenvalue weighted by Crippen LogP contribution is 2.09. The van der Waals surface area contributed by atoms with Gasteiger partial charge in [-0.1, -0.05) is 24.6 Å². The Morgan fingerprint density at radius 3 is 2.40 bits per heavy atom. The van der Waals surface area contributed by atoms with Crippen LogP contribution in [0, 0.1) is 12.8 Å². The van der Waals surface area contributed by atoms with Gasteiger partial charge in [0.05, 0.1) is 12.5 Å². The summed E-state index contributed by atoms with van der Waals surface area (Å²) in [6, 6.07) is 7.23. The smallest absolute Gasteiger partial charge is 0.308 e. The molecule has 5 nitrogen and oxygen atoms in total. The van der Waals surface area contributed by atoms with Crippen LogP contribution in [-0.4, -0.2) is 48.7 Å². The van der Waals surface area contributed by atoms with Crippen LogP contribution in [0.1, 0.15) is 22.8 Å². The van der Waals surface area contributed by atoms with Gasteiger partial charge < -0.3 is 14.7 Å². The van der Waals surface area contributed by atoms with Crippen molar-refractivity contribution >= 4 is 11.9 Å². The zero-order chi connectivity index (χ0) is 15.1. The van der Waals surface area contributed by atoms with Crippen molar-refractivity contribution in [1.82, 2.24) is 4.90 Å². The van der Waals surface area contributed by atoms with Gasteiger partial charge >= 0.3 is 5.97 Å². The van der Waals surface area contributed by atoms with E-state index in [-0.39, 0.29) is 12.5 Å². The van der Waals surface area contributed by atoms with Crippen LogP contribution in [-0.2, 0) is 9.53 Å². The monoisotopic (exact) mass is 279 g/mol. The molecule has 1 aromatic carbocycles. The molecule has 0 spiro atoms. The Hall–Kier alpha value is -1.88. The Kier molecular flexibility index (Phi) is 6.18. The third kappa shape index (κ3) is 4.66. The molecule has 0 aliphatic rings. The van der Waals surface area contributed by atoms with E-state index in [4.69, 9.17) is 9.84 Å². The Balaban J connectivity index is 2.83. The van der Waals surface area contributed by atoms with E-state index in [0.717, 1.165) is 5.56 Å². The van der Waals surface area contributed by atoms with E-state index < -0.39 is 11.9 Å². The number of nitrogens with zero attached hydrogens (tertiary/aromatic N) is 1. The Morgan fingerprint density at radius 1 is 1.30 bits per heavy atom. The number of benzene rings is 1. The number of rotatable bonds is 7. The van der Waals surface area contributed by atoms with Gasteiger partial charge in [-0.15, -0.1) is 0 Å². The Labute approximate surface area is 119 Å². The standard InChI is InChI=1S/C15H21NO4/c1-11-4-6-13(7-5-11)14(17)16(8-9-20-3)10-12(2)15(18)19/h4-7,12H,8-10H2,1-3H3,(H,18,19). The van der Waals surface area contributed by atoms with Crippen molar-refractivity contribution in [2.24, 2.45) is 5.92 Å². The van der Waals surface area contributed by atoms with Crippen LogP contribution < -0.4 is 0 Å². The number of hydrogen-bond acceptors (Lipinski definition) is 3. The molecule has 0 aromatic heterocycles. The molecule has 5 heteroatoms.